The molecule has 2 N–H and O–H groups in total. The zero-order chi connectivity index (χ0) is 12.1. The average molecular weight is 245 g/mol. The third kappa shape index (κ3) is 3.02. The normalized spacial score (nSPS) is 10.4. The van der Waals surface area contributed by atoms with Crippen molar-refractivity contribution in [2.45, 2.75) is 16.3 Å². The molecule has 0 radical (unpaired) electrons. The SMILES string of the molecule is CNCc1ccccc1Sc1ccccc1O. The Labute approximate surface area is 106 Å². The van der Waals surface area contributed by atoms with Crippen molar-refractivity contribution >= 4 is 11.8 Å². The Balaban J connectivity index is 2.27. The molecular weight excluding hydrogens is 230 g/mol. The first kappa shape index (κ1) is 12.0. The molecule has 2 aromatic carbocycles. The zero-order valence-corrected chi connectivity index (χ0v) is 10.5. The van der Waals surface area contributed by atoms with Gasteiger partial charge >= 0.3 is 0 Å². The van der Waals surface area contributed by atoms with E-state index in [0.717, 1.165) is 11.4 Å². The second kappa shape index (κ2) is 5.75. The van der Waals surface area contributed by atoms with E-state index < -0.39 is 0 Å². The molecule has 0 atom stereocenters. The Kier molecular flexibility index (Phi) is 4.07. The van der Waals surface area contributed by atoms with E-state index in [9.17, 15) is 5.11 Å². The van der Waals surface area contributed by atoms with Crippen LogP contribution < -0.4 is 5.32 Å². The minimum atomic E-state index is 0.330. The van der Waals surface area contributed by atoms with E-state index in [1.165, 1.54) is 10.5 Å². The minimum absolute atomic E-state index is 0.330. The van der Waals surface area contributed by atoms with E-state index in [1.54, 1.807) is 17.8 Å². The van der Waals surface area contributed by atoms with Gasteiger partial charge in [0.05, 0.1) is 4.90 Å². The standard InChI is InChI=1S/C14H15NOS/c1-15-10-11-6-2-4-8-13(11)17-14-9-5-3-7-12(14)16/h2-9,15-16H,10H2,1H3. The molecule has 3 heteroatoms. The van der Waals surface area contributed by atoms with E-state index in [2.05, 4.69) is 17.4 Å². The fraction of sp³-hybridized carbons (Fsp3) is 0.143. The van der Waals surface area contributed by atoms with Crippen molar-refractivity contribution in [3.8, 4) is 5.75 Å². The van der Waals surface area contributed by atoms with E-state index in [0.29, 0.717) is 5.75 Å². The Morgan fingerprint density at radius 1 is 1.00 bits per heavy atom. The molecule has 2 rings (SSSR count). The maximum atomic E-state index is 9.76. The molecule has 17 heavy (non-hydrogen) atoms. The summed E-state index contributed by atoms with van der Waals surface area (Å²) in [5.41, 5.74) is 1.24. The Hall–Kier alpha value is -1.45. The van der Waals surface area contributed by atoms with E-state index in [-0.39, 0.29) is 0 Å². The third-order valence-electron chi connectivity index (χ3n) is 2.43. The van der Waals surface area contributed by atoms with Crippen LogP contribution in [0.25, 0.3) is 0 Å². The predicted octanol–water partition coefficient (Wildman–Crippen LogP) is 3.26. The van der Waals surface area contributed by atoms with Crippen molar-refractivity contribution in [2.24, 2.45) is 0 Å². The molecule has 0 aromatic heterocycles. The van der Waals surface area contributed by atoms with Crippen LogP contribution in [0.3, 0.4) is 0 Å². The number of phenolic OH excluding ortho intramolecular Hbond substituents is 1. The number of hydrogen-bond acceptors (Lipinski definition) is 3. The lowest BCUT2D eigenvalue weighted by atomic mass is 10.2. The fourth-order valence-corrected chi connectivity index (χ4v) is 2.58. The molecule has 2 aromatic rings. The summed E-state index contributed by atoms with van der Waals surface area (Å²) < 4.78 is 0. The van der Waals surface area contributed by atoms with Crippen LogP contribution in [0.5, 0.6) is 5.75 Å². The number of benzene rings is 2. The molecule has 0 amide bonds. The summed E-state index contributed by atoms with van der Waals surface area (Å²) in [7, 11) is 1.93. The number of phenols is 1. The van der Waals surface area contributed by atoms with Gasteiger partial charge in [0.15, 0.2) is 0 Å². The van der Waals surface area contributed by atoms with E-state index in [4.69, 9.17) is 0 Å². The molecule has 2 nitrogen and oxygen atoms in total. The second-order valence-corrected chi connectivity index (χ2v) is 4.79. The summed E-state index contributed by atoms with van der Waals surface area (Å²) in [4.78, 5) is 2.06. The Morgan fingerprint density at radius 2 is 1.65 bits per heavy atom. The maximum absolute atomic E-state index is 9.76. The molecule has 0 aliphatic carbocycles. The zero-order valence-electron chi connectivity index (χ0n) is 9.68. The molecule has 0 heterocycles. The topological polar surface area (TPSA) is 32.3 Å². The summed E-state index contributed by atoms with van der Waals surface area (Å²) in [5, 5.41) is 12.9. The quantitative estimate of drug-likeness (QED) is 0.867. The first-order valence-electron chi connectivity index (χ1n) is 5.49. The molecule has 0 bridgehead atoms. The number of nitrogens with one attached hydrogen (secondary N) is 1. The minimum Gasteiger partial charge on any atom is -0.507 e. The highest BCUT2D eigenvalue weighted by Crippen LogP contribution is 2.35. The van der Waals surface area contributed by atoms with Crippen LogP contribution in [0, 0.1) is 0 Å². The fourth-order valence-electron chi connectivity index (χ4n) is 1.60. The van der Waals surface area contributed by atoms with Crippen molar-refractivity contribution in [3.05, 3.63) is 54.1 Å². The van der Waals surface area contributed by atoms with Crippen molar-refractivity contribution in [1.82, 2.24) is 5.32 Å². The van der Waals surface area contributed by atoms with Crippen LogP contribution in [0.4, 0.5) is 0 Å². The van der Waals surface area contributed by atoms with Gasteiger partial charge in [0.2, 0.25) is 0 Å². The molecule has 0 aliphatic rings. The third-order valence-corrected chi connectivity index (χ3v) is 3.61. The first-order valence-corrected chi connectivity index (χ1v) is 6.31. The van der Waals surface area contributed by atoms with E-state index >= 15 is 0 Å². The van der Waals surface area contributed by atoms with Crippen LogP contribution in [0.2, 0.25) is 0 Å². The molecule has 0 spiro atoms. The first-order chi connectivity index (χ1) is 8.31. The molecule has 0 saturated heterocycles. The highest BCUT2D eigenvalue weighted by molar-refractivity contribution is 7.99. The number of rotatable bonds is 4. The van der Waals surface area contributed by atoms with Crippen molar-refractivity contribution in [3.63, 3.8) is 0 Å². The van der Waals surface area contributed by atoms with Gasteiger partial charge in [0.1, 0.15) is 5.75 Å². The molecular formula is C14H15NOS. The summed E-state index contributed by atoms with van der Waals surface area (Å²) in [6.45, 7) is 0.830. The molecule has 0 aliphatic heterocycles. The molecule has 88 valence electrons. The highest BCUT2D eigenvalue weighted by atomic mass is 32.2. The average Bonchev–Trinajstić information content (AvgIpc) is 2.35. The van der Waals surface area contributed by atoms with Gasteiger partial charge < -0.3 is 10.4 Å². The van der Waals surface area contributed by atoms with Crippen molar-refractivity contribution in [2.75, 3.05) is 7.05 Å². The largest absolute Gasteiger partial charge is 0.507 e. The lowest BCUT2D eigenvalue weighted by Gasteiger charge is -2.09. The van der Waals surface area contributed by atoms with Gasteiger partial charge in [-0.2, -0.15) is 0 Å². The summed E-state index contributed by atoms with van der Waals surface area (Å²) in [6, 6.07) is 15.6. The van der Waals surface area contributed by atoms with Crippen LogP contribution in [0.1, 0.15) is 5.56 Å². The summed E-state index contributed by atoms with van der Waals surface area (Å²) in [5.74, 6) is 0.330. The van der Waals surface area contributed by atoms with Crippen molar-refractivity contribution in [1.29, 1.82) is 0 Å². The molecule has 0 saturated carbocycles. The number of hydrogen-bond donors (Lipinski definition) is 2. The smallest absolute Gasteiger partial charge is 0.129 e. The Morgan fingerprint density at radius 3 is 2.35 bits per heavy atom. The van der Waals surface area contributed by atoms with Gasteiger partial charge in [-0.15, -0.1) is 0 Å². The molecule has 0 unspecified atom stereocenters. The Bertz CT molecular complexity index is 499. The molecule has 0 fully saturated rings. The van der Waals surface area contributed by atoms with Gasteiger partial charge in [-0.3, -0.25) is 0 Å². The predicted molar refractivity (Wildman–Crippen MR) is 71.4 cm³/mol. The summed E-state index contributed by atoms with van der Waals surface area (Å²) >= 11 is 1.59. The maximum Gasteiger partial charge on any atom is 0.129 e. The van der Waals surface area contributed by atoms with Crippen LogP contribution in [-0.4, -0.2) is 12.2 Å². The lowest BCUT2D eigenvalue weighted by molar-refractivity contribution is 0.462. The van der Waals surface area contributed by atoms with Crippen LogP contribution in [0.15, 0.2) is 58.3 Å². The monoisotopic (exact) mass is 245 g/mol. The van der Waals surface area contributed by atoms with Gasteiger partial charge in [-0.25, -0.2) is 0 Å². The second-order valence-electron chi connectivity index (χ2n) is 3.71. The van der Waals surface area contributed by atoms with Gasteiger partial charge in [-0.1, -0.05) is 42.1 Å². The van der Waals surface area contributed by atoms with Crippen LogP contribution >= 0.6 is 11.8 Å². The summed E-state index contributed by atoms with van der Waals surface area (Å²) in [6.07, 6.45) is 0. The van der Waals surface area contributed by atoms with Gasteiger partial charge in [0, 0.05) is 11.4 Å². The van der Waals surface area contributed by atoms with E-state index in [1.807, 2.05) is 37.4 Å². The van der Waals surface area contributed by atoms with Crippen LogP contribution in [-0.2, 0) is 6.54 Å². The van der Waals surface area contributed by atoms with Crippen molar-refractivity contribution < 1.29 is 5.11 Å². The highest BCUT2D eigenvalue weighted by Gasteiger charge is 2.05. The number of aromatic hydroxyl groups is 1. The lowest BCUT2D eigenvalue weighted by Crippen LogP contribution is -2.05. The van der Waals surface area contributed by atoms with Gasteiger partial charge in [0.25, 0.3) is 0 Å². The number of para-hydroxylation sites is 1. The van der Waals surface area contributed by atoms with Gasteiger partial charge in [-0.05, 0) is 30.8 Å².